The van der Waals surface area contributed by atoms with Crippen LogP contribution in [-0.2, 0) is 14.3 Å². The van der Waals surface area contributed by atoms with Crippen molar-refractivity contribution < 1.29 is 27.8 Å². The van der Waals surface area contributed by atoms with Crippen molar-refractivity contribution in [3.63, 3.8) is 0 Å². The maximum absolute atomic E-state index is 12.9. The van der Waals surface area contributed by atoms with E-state index >= 15 is 0 Å². The molecule has 1 fully saturated rings. The lowest BCUT2D eigenvalue weighted by atomic mass is 9.98. The zero-order valence-corrected chi connectivity index (χ0v) is 22.4. The second kappa shape index (κ2) is 12.8. The summed E-state index contributed by atoms with van der Waals surface area (Å²) < 4.78 is 41.2. The minimum absolute atomic E-state index is 0.0517. The maximum Gasteiger partial charge on any atom is 0.387 e. The number of hydrogen-bond donors (Lipinski definition) is 0. The standard InChI is InChI=1S/C29H34F2N4O4/c1-29(2,3)39-27(36)20-37-19-21-12-14-34(15-13-21)25-17-32-18-26(33-25)35(22-8-5-4-6-9-22)23-10-7-11-24(16-23)38-28(30)31/h4-11,16-18,21,28H,12-15,19-20H2,1-3H3. The van der Waals surface area contributed by atoms with Crippen LogP contribution in [0, 0.1) is 5.92 Å². The van der Waals surface area contributed by atoms with Gasteiger partial charge in [-0.15, -0.1) is 0 Å². The summed E-state index contributed by atoms with van der Waals surface area (Å²) in [5.74, 6) is 1.31. The normalized spacial score (nSPS) is 14.4. The van der Waals surface area contributed by atoms with E-state index in [-0.39, 0.29) is 18.3 Å². The van der Waals surface area contributed by atoms with Gasteiger partial charge >= 0.3 is 12.6 Å². The summed E-state index contributed by atoms with van der Waals surface area (Å²) in [7, 11) is 0. The van der Waals surface area contributed by atoms with Crippen molar-refractivity contribution in [3.05, 3.63) is 67.0 Å². The van der Waals surface area contributed by atoms with Gasteiger partial charge in [-0.25, -0.2) is 9.78 Å². The molecular weight excluding hydrogens is 506 g/mol. The summed E-state index contributed by atoms with van der Waals surface area (Å²) in [6, 6.07) is 16.0. The summed E-state index contributed by atoms with van der Waals surface area (Å²) in [4.78, 5) is 25.2. The Morgan fingerprint density at radius 1 is 1.05 bits per heavy atom. The summed E-state index contributed by atoms with van der Waals surface area (Å²) in [5, 5.41) is 0. The molecule has 2 heterocycles. The highest BCUT2D eigenvalue weighted by Crippen LogP contribution is 2.35. The fourth-order valence-electron chi connectivity index (χ4n) is 4.40. The molecule has 10 heteroatoms. The average molecular weight is 541 g/mol. The third-order valence-corrected chi connectivity index (χ3v) is 6.09. The molecule has 0 saturated carbocycles. The van der Waals surface area contributed by atoms with Gasteiger partial charge in [0.15, 0.2) is 5.82 Å². The molecule has 0 unspecified atom stereocenters. The lowest BCUT2D eigenvalue weighted by Crippen LogP contribution is -2.36. The van der Waals surface area contributed by atoms with E-state index in [1.165, 1.54) is 6.07 Å². The van der Waals surface area contributed by atoms with E-state index in [9.17, 15) is 13.6 Å². The average Bonchev–Trinajstić information content (AvgIpc) is 2.89. The van der Waals surface area contributed by atoms with Crippen LogP contribution in [0.25, 0.3) is 0 Å². The Kier molecular flexibility index (Phi) is 9.29. The monoisotopic (exact) mass is 540 g/mol. The molecule has 0 N–H and O–H groups in total. The van der Waals surface area contributed by atoms with Crippen molar-refractivity contribution in [2.24, 2.45) is 5.92 Å². The highest BCUT2D eigenvalue weighted by Gasteiger charge is 2.23. The Morgan fingerprint density at radius 3 is 2.46 bits per heavy atom. The predicted molar refractivity (Wildman–Crippen MR) is 145 cm³/mol. The molecule has 4 rings (SSSR count). The highest BCUT2D eigenvalue weighted by atomic mass is 19.3. The van der Waals surface area contributed by atoms with Crippen LogP contribution in [0.5, 0.6) is 5.75 Å². The SMILES string of the molecule is CC(C)(C)OC(=O)COCC1CCN(c2cncc(N(c3ccccc3)c3cccc(OC(F)F)c3)n2)CC1. The topological polar surface area (TPSA) is 77.0 Å². The minimum Gasteiger partial charge on any atom is -0.458 e. The molecule has 0 amide bonds. The number of anilines is 4. The molecule has 0 radical (unpaired) electrons. The van der Waals surface area contributed by atoms with Gasteiger partial charge in [0.25, 0.3) is 0 Å². The minimum atomic E-state index is -2.92. The number of para-hydroxylation sites is 1. The summed E-state index contributed by atoms with van der Waals surface area (Å²) in [6.07, 6.45) is 5.14. The van der Waals surface area contributed by atoms with Gasteiger partial charge < -0.3 is 19.1 Å². The zero-order chi connectivity index (χ0) is 27.8. The van der Waals surface area contributed by atoms with Gasteiger partial charge in [0, 0.05) is 24.8 Å². The van der Waals surface area contributed by atoms with Crippen LogP contribution in [0.15, 0.2) is 67.0 Å². The summed E-state index contributed by atoms with van der Waals surface area (Å²) in [6.45, 7) is 4.55. The van der Waals surface area contributed by atoms with Gasteiger partial charge in [-0.1, -0.05) is 24.3 Å². The fourth-order valence-corrected chi connectivity index (χ4v) is 4.40. The second-order valence-electron chi connectivity index (χ2n) is 10.3. The number of ether oxygens (including phenoxy) is 3. The van der Waals surface area contributed by atoms with Crippen molar-refractivity contribution in [3.8, 4) is 5.75 Å². The first-order chi connectivity index (χ1) is 18.7. The van der Waals surface area contributed by atoms with Crippen molar-refractivity contribution >= 4 is 29.0 Å². The van der Waals surface area contributed by atoms with E-state index < -0.39 is 12.2 Å². The molecule has 0 atom stereocenters. The first kappa shape index (κ1) is 28.2. The number of carbonyl (C=O) groups excluding carboxylic acids is 1. The van der Waals surface area contributed by atoms with Crippen LogP contribution in [0.2, 0.25) is 0 Å². The number of alkyl halides is 2. The molecule has 1 aliphatic rings. The Bertz CT molecular complexity index is 1220. The quantitative estimate of drug-likeness (QED) is 0.285. The molecule has 1 saturated heterocycles. The molecule has 0 spiro atoms. The number of piperidine rings is 1. The molecule has 2 aromatic carbocycles. The molecule has 0 aliphatic carbocycles. The Labute approximate surface area is 227 Å². The van der Waals surface area contributed by atoms with Gasteiger partial charge in [0.1, 0.15) is 23.8 Å². The summed E-state index contributed by atoms with van der Waals surface area (Å²) >= 11 is 0. The van der Waals surface area contributed by atoms with Crippen LogP contribution >= 0.6 is 0 Å². The van der Waals surface area contributed by atoms with E-state index in [0.29, 0.717) is 24.0 Å². The van der Waals surface area contributed by atoms with Crippen LogP contribution in [0.3, 0.4) is 0 Å². The fraction of sp³-hybridized carbons (Fsp3) is 0.414. The Balaban J connectivity index is 1.44. The van der Waals surface area contributed by atoms with E-state index in [4.69, 9.17) is 14.5 Å². The van der Waals surface area contributed by atoms with Crippen molar-refractivity contribution in [1.29, 1.82) is 0 Å². The van der Waals surface area contributed by atoms with Crippen LogP contribution in [0.1, 0.15) is 33.6 Å². The zero-order valence-electron chi connectivity index (χ0n) is 22.4. The van der Waals surface area contributed by atoms with Crippen molar-refractivity contribution in [2.75, 3.05) is 36.1 Å². The van der Waals surface area contributed by atoms with E-state index in [0.717, 1.165) is 37.4 Å². The number of halogens is 2. The van der Waals surface area contributed by atoms with Crippen LogP contribution in [0.4, 0.5) is 31.8 Å². The number of carbonyl (C=O) groups is 1. The number of aromatic nitrogens is 2. The molecule has 3 aromatic rings. The van der Waals surface area contributed by atoms with Crippen molar-refractivity contribution in [1.82, 2.24) is 9.97 Å². The van der Waals surface area contributed by atoms with Gasteiger partial charge in [0.05, 0.1) is 24.7 Å². The molecular formula is C29H34F2N4O4. The number of esters is 1. The number of benzene rings is 2. The van der Waals surface area contributed by atoms with E-state index in [1.807, 2.05) is 62.1 Å². The van der Waals surface area contributed by atoms with Gasteiger partial charge in [-0.05, 0) is 63.8 Å². The first-order valence-electron chi connectivity index (χ1n) is 12.9. The number of hydrogen-bond acceptors (Lipinski definition) is 8. The van der Waals surface area contributed by atoms with Crippen LogP contribution < -0.4 is 14.5 Å². The third-order valence-electron chi connectivity index (χ3n) is 6.09. The predicted octanol–water partition coefficient (Wildman–Crippen LogP) is 6.12. The second-order valence-corrected chi connectivity index (χ2v) is 10.3. The first-order valence-corrected chi connectivity index (χ1v) is 12.9. The Morgan fingerprint density at radius 2 is 1.77 bits per heavy atom. The summed E-state index contributed by atoms with van der Waals surface area (Å²) in [5.41, 5.74) is 0.894. The molecule has 1 aromatic heterocycles. The number of nitrogens with zero attached hydrogens (tertiary/aromatic N) is 4. The van der Waals surface area contributed by atoms with Gasteiger partial charge in [0.2, 0.25) is 0 Å². The molecule has 1 aliphatic heterocycles. The largest absolute Gasteiger partial charge is 0.458 e. The van der Waals surface area contributed by atoms with E-state index in [1.54, 1.807) is 24.5 Å². The lowest BCUT2D eigenvalue weighted by Gasteiger charge is -2.33. The van der Waals surface area contributed by atoms with E-state index in [2.05, 4.69) is 14.6 Å². The van der Waals surface area contributed by atoms with Gasteiger partial charge in [-0.2, -0.15) is 8.78 Å². The molecule has 0 bridgehead atoms. The van der Waals surface area contributed by atoms with Crippen LogP contribution in [-0.4, -0.2) is 54.5 Å². The van der Waals surface area contributed by atoms with Gasteiger partial charge in [-0.3, -0.25) is 9.88 Å². The third kappa shape index (κ3) is 8.35. The molecule has 8 nitrogen and oxygen atoms in total. The smallest absolute Gasteiger partial charge is 0.387 e. The maximum atomic E-state index is 12.9. The highest BCUT2D eigenvalue weighted by molar-refractivity contribution is 5.75. The Hall–Kier alpha value is -3.79. The lowest BCUT2D eigenvalue weighted by molar-refractivity contribution is -0.160. The number of rotatable bonds is 10. The van der Waals surface area contributed by atoms with Crippen molar-refractivity contribution in [2.45, 2.75) is 45.8 Å². The molecule has 39 heavy (non-hydrogen) atoms. The molecule has 208 valence electrons.